The van der Waals surface area contributed by atoms with E-state index in [1.165, 1.54) is 25.3 Å². The average Bonchev–Trinajstić information content (AvgIpc) is 2.84. The van der Waals surface area contributed by atoms with Gasteiger partial charge in [-0.15, -0.1) is 0 Å². The number of aromatic carboxylic acids is 1. The van der Waals surface area contributed by atoms with E-state index in [1.807, 2.05) is 13.0 Å². The summed E-state index contributed by atoms with van der Waals surface area (Å²) >= 11 is 8.19. The van der Waals surface area contributed by atoms with Crippen molar-refractivity contribution in [2.45, 2.75) is 13.5 Å². The maximum absolute atomic E-state index is 12.6. The number of nitrogens with one attached hydrogen (secondary N) is 1. The number of amides is 1. The van der Waals surface area contributed by atoms with Gasteiger partial charge in [-0.1, -0.05) is 29.8 Å². The van der Waals surface area contributed by atoms with E-state index in [9.17, 15) is 14.9 Å². The molecule has 0 saturated heterocycles. The van der Waals surface area contributed by atoms with Gasteiger partial charge in [-0.05, 0) is 88.7 Å². The molecule has 35 heavy (non-hydrogen) atoms. The van der Waals surface area contributed by atoms with Gasteiger partial charge >= 0.3 is 5.97 Å². The molecular formula is C26H20ClIN2O5. The number of halogens is 2. The zero-order chi connectivity index (χ0) is 25.5. The van der Waals surface area contributed by atoms with Gasteiger partial charge in [0.2, 0.25) is 0 Å². The molecule has 0 aliphatic heterocycles. The fraction of sp³-hybridized carbons (Fsp3) is 0.115. The molecule has 0 radical (unpaired) electrons. The first kappa shape index (κ1) is 26.1. The SMILES string of the molecule is COc1cc(/C=C(/C#N)C(=O)Nc2ccc(C)c(Cl)c2)cc(I)c1OCc1ccc(C(=O)O)cc1. The van der Waals surface area contributed by atoms with Crippen LogP contribution in [0.3, 0.4) is 0 Å². The molecule has 0 aliphatic carbocycles. The Morgan fingerprint density at radius 1 is 1.17 bits per heavy atom. The Morgan fingerprint density at radius 3 is 2.49 bits per heavy atom. The molecule has 0 unspecified atom stereocenters. The van der Waals surface area contributed by atoms with E-state index >= 15 is 0 Å². The number of carboxylic acids is 1. The van der Waals surface area contributed by atoms with E-state index in [4.69, 9.17) is 26.2 Å². The third-order valence-electron chi connectivity index (χ3n) is 4.94. The van der Waals surface area contributed by atoms with Crippen LogP contribution < -0.4 is 14.8 Å². The lowest BCUT2D eigenvalue weighted by molar-refractivity contribution is -0.112. The van der Waals surface area contributed by atoms with Crippen molar-refractivity contribution in [1.82, 2.24) is 0 Å². The fourth-order valence-corrected chi connectivity index (χ4v) is 4.01. The molecule has 1 amide bonds. The van der Waals surface area contributed by atoms with Crippen molar-refractivity contribution in [3.8, 4) is 17.6 Å². The van der Waals surface area contributed by atoms with Crippen molar-refractivity contribution in [2.75, 3.05) is 12.4 Å². The van der Waals surface area contributed by atoms with E-state index in [1.54, 1.807) is 42.5 Å². The first-order valence-electron chi connectivity index (χ1n) is 10.2. The predicted octanol–water partition coefficient (Wildman–Crippen LogP) is 6.08. The molecule has 0 atom stereocenters. The van der Waals surface area contributed by atoms with Gasteiger partial charge in [0, 0.05) is 10.7 Å². The van der Waals surface area contributed by atoms with Gasteiger partial charge in [0.25, 0.3) is 5.91 Å². The van der Waals surface area contributed by atoms with Crippen LogP contribution in [0.2, 0.25) is 5.02 Å². The van der Waals surface area contributed by atoms with Gasteiger partial charge in [0.05, 0.1) is 16.2 Å². The zero-order valence-electron chi connectivity index (χ0n) is 18.8. The van der Waals surface area contributed by atoms with E-state index in [0.29, 0.717) is 31.3 Å². The number of hydrogen-bond donors (Lipinski definition) is 2. The third-order valence-corrected chi connectivity index (χ3v) is 6.15. The smallest absolute Gasteiger partial charge is 0.335 e. The Labute approximate surface area is 221 Å². The van der Waals surface area contributed by atoms with Crippen molar-refractivity contribution in [2.24, 2.45) is 0 Å². The van der Waals surface area contributed by atoms with Gasteiger partial charge in [0.15, 0.2) is 11.5 Å². The Bertz CT molecular complexity index is 1350. The number of carboxylic acid groups (broad SMARTS) is 1. The van der Waals surface area contributed by atoms with Gasteiger partial charge in [0.1, 0.15) is 18.2 Å². The number of nitrogens with zero attached hydrogens (tertiary/aromatic N) is 1. The molecule has 7 nitrogen and oxygen atoms in total. The Kier molecular flexibility index (Phi) is 8.73. The van der Waals surface area contributed by atoms with Crippen LogP contribution in [0.15, 0.2) is 60.2 Å². The normalized spacial score (nSPS) is 10.9. The summed E-state index contributed by atoms with van der Waals surface area (Å²) in [5, 5.41) is 21.8. The number of nitriles is 1. The summed E-state index contributed by atoms with van der Waals surface area (Å²) in [6.07, 6.45) is 1.46. The highest BCUT2D eigenvalue weighted by atomic mass is 127. The standard InChI is InChI=1S/C26H20ClIN2O5/c1-15-3-8-20(12-21(15)27)30-25(31)19(13-29)9-17-10-22(28)24(23(11-17)34-2)35-14-16-4-6-18(7-5-16)26(32)33/h3-12H,14H2,1-2H3,(H,30,31)(H,32,33)/b19-9-. The van der Waals surface area contributed by atoms with E-state index in [0.717, 1.165) is 11.1 Å². The minimum absolute atomic E-state index is 0.0910. The van der Waals surface area contributed by atoms with Crippen molar-refractivity contribution in [1.29, 1.82) is 5.26 Å². The van der Waals surface area contributed by atoms with Crippen LogP contribution in [0, 0.1) is 21.8 Å². The fourth-order valence-electron chi connectivity index (χ4n) is 3.05. The molecule has 3 rings (SSSR count). The quantitative estimate of drug-likeness (QED) is 0.184. The highest BCUT2D eigenvalue weighted by Crippen LogP contribution is 2.35. The number of ether oxygens (including phenoxy) is 2. The Morgan fingerprint density at radius 2 is 1.89 bits per heavy atom. The second-order valence-electron chi connectivity index (χ2n) is 7.41. The number of rotatable bonds is 8. The first-order chi connectivity index (χ1) is 16.7. The van der Waals surface area contributed by atoms with Crippen LogP contribution in [0.1, 0.15) is 27.0 Å². The highest BCUT2D eigenvalue weighted by Gasteiger charge is 2.15. The number of aryl methyl sites for hydroxylation is 1. The summed E-state index contributed by atoms with van der Waals surface area (Å²) in [4.78, 5) is 23.6. The zero-order valence-corrected chi connectivity index (χ0v) is 21.7. The molecule has 9 heteroatoms. The molecule has 0 heterocycles. The van der Waals surface area contributed by atoms with Crippen LogP contribution in [0.5, 0.6) is 11.5 Å². The number of methoxy groups -OCH3 is 1. The number of anilines is 1. The van der Waals surface area contributed by atoms with Gasteiger partial charge < -0.3 is 19.9 Å². The second kappa shape index (κ2) is 11.7. The maximum Gasteiger partial charge on any atom is 0.335 e. The van der Waals surface area contributed by atoms with E-state index < -0.39 is 11.9 Å². The molecule has 3 aromatic carbocycles. The van der Waals surface area contributed by atoms with Crippen molar-refractivity contribution in [3.63, 3.8) is 0 Å². The summed E-state index contributed by atoms with van der Waals surface area (Å²) in [6, 6.07) is 16.8. The van der Waals surface area contributed by atoms with E-state index in [-0.39, 0.29) is 17.7 Å². The third kappa shape index (κ3) is 6.74. The number of carbonyl (C=O) groups is 2. The molecule has 178 valence electrons. The maximum atomic E-state index is 12.6. The van der Waals surface area contributed by atoms with Crippen LogP contribution in [-0.2, 0) is 11.4 Å². The largest absolute Gasteiger partial charge is 0.493 e. The lowest BCUT2D eigenvalue weighted by Gasteiger charge is -2.14. The van der Waals surface area contributed by atoms with Gasteiger partial charge in [-0.25, -0.2) is 4.79 Å². The lowest BCUT2D eigenvalue weighted by atomic mass is 10.1. The molecule has 2 N–H and O–H groups in total. The monoisotopic (exact) mass is 602 g/mol. The molecule has 0 spiro atoms. The summed E-state index contributed by atoms with van der Waals surface area (Å²) in [5.74, 6) is -0.643. The number of benzene rings is 3. The average molecular weight is 603 g/mol. The topological polar surface area (TPSA) is 109 Å². The predicted molar refractivity (Wildman–Crippen MR) is 142 cm³/mol. The minimum Gasteiger partial charge on any atom is -0.493 e. The van der Waals surface area contributed by atoms with Crippen molar-refractivity contribution in [3.05, 3.63) is 91.0 Å². The summed E-state index contributed by atoms with van der Waals surface area (Å²) in [7, 11) is 1.49. The second-order valence-corrected chi connectivity index (χ2v) is 8.98. The Hall–Kier alpha value is -3.55. The van der Waals surface area contributed by atoms with Crippen LogP contribution in [0.25, 0.3) is 6.08 Å². The van der Waals surface area contributed by atoms with Crippen molar-refractivity contribution >= 4 is 57.8 Å². The number of hydrogen-bond acceptors (Lipinski definition) is 5. The van der Waals surface area contributed by atoms with Crippen LogP contribution in [0.4, 0.5) is 5.69 Å². The Balaban J connectivity index is 1.79. The molecular weight excluding hydrogens is 583 g/mol. The molecule has 0 bridgehead atoms. The molecule has 0 aliphatic rings. The lowest BCUT2D eigenvalue weighted by Crippen LogP contribution is -2.13. The molecule has 3 aromatic rings. The van der Waals surface area contributed by atoms with Crippen LogP contribution in [-0.4, -0.2) is 24.1 Å². The molecule has 0 fully saturated rings. The van der Waals surface area contributed by atoms with Gasteiger partial charge in [-0.2, -0.15) is 5.26 Å². The summed E-state index contributed by atoms with van der Waals surface area (Å²) in [5.41, 5.74) is 2.84. The van der Waals surface area contributed by atoms with E-state index in [2.05, 4.69) is 27.9 Å². The van der Waals surface area contributed by atoms with Gasteiger partial charge in [-0.3, -0.25) is 4.79 Å². The molecule has 0 saturated carbocycles. The highest BCUT2D eigenvalue weighted by molar-refractivity contribution is 14.1. The number of carbonyl (C=O) groups excluding carboxylic acids is 1. The molecule has 0 aromatic heterocycles. The first-order valence-corrected chi connectivity index (χ1v) is 11.7. The summed E-state index contributed by atoms with van der Waals surface area (Å²) < 4.78 is 12.1. The minimum atomic E-state index is -0.995. The van der Waals surface area contributed by atoms with Crippen LogP contribution >= 0.6 is 34.2 Å². The summed E-state index contributed by atoms with van der Waals surface area (Å²) in [6.45, 7) is 2.05. The van der Waals surface area contributed by atoms with Crippen molar-refractivity contribution < 1.29 is 24.2 Å².